The van der Waals surface area contributed by atoms with Crippen LogP contribution in [0.5, 0.6) is 0 Å². The Morgan fingerprint density at radius 1 is 1.30 bits per heavy atom. The standard InChI is InChI=1S/C20H24N4OS2/c1-4-10-24-18(16-8-5-7-14(2)12-16)22-23-20(24)27-15(3)19(25)21-13-17-9-6-11-26-17/h5-9,11-12,15H,4,10,13H2,1-3H3,(H,21,25). The van der Waals surface area contributed by atoms with Crippen molar-refractivity contribution >= 4 is 29.0 Å². The van der Waals surface area contributed by atoms with Crippen LogP contribution in [0.15, 0.2) is 46.9 Å². The first-order chi connectivity index (χ1) is 13.1. The molecule has 3 aromatic rings. The van der Waals surface area contributed by atoms with Gasteiger partial charge in [0.05, 0.1) is 11.8 Å². The number of thiophene rings is 1. The Kier molecular flexibility index (Phi) is 6.68. The molecule has 5 nitrogen and oxygen atoms in total. The van der Waals surface area contributed by atoms with E-state index in [0.717, 1.165) is 34.4 Å². The summed E-state index contributed by atoms with van der Waals surface area (Å²) in [6.07, 6.45) is 0.976. The van der Waals surface area contributed by atoms with Gasteiger partial charge in [0.15, 0.2) is 11.0 Å². The first-order valence-corrected chi connectivity index (χ1v) is 10.8. The van der Waals surface area contributed by atoms with E-state index >= 15 is 0 Å². The van der Waals surface area contributed by atoms with Crippen molar-refractivity contribution in [2.45, 2.75) is 50.7 Å². The lowest BCUT2D eigenvalue weighted by Gasteiger charge is -2.13. The van der Waals surface area contributed by atoms with Crippen LogP contribution in [-0.4, -0.2) is 25.9 Å². The molecule has 1 atom stereocenters. The minimum Gasteiger partial charge on any atom is -0.350 e. The van der Waals surface area contributed by atoms with Crippen LogP contribution in [0.2, 0.25) is 0 Å². The molecule has 0 aliphatic carbocycles. The first-order valence-electron chi connectivity index (χ1n) is 9.05. The Morgan fingerprint density at radius 2 is 2.15 bits per heavy atom. The Bertz CT molecular complexity index is 889. The van der Waals surface area contributed by atoms with Gasteiger partial charge in [-0.15, -0.1) is 21.5 Å². The summed E-state index contributed by atoms with van der Waals surface area (Å²) in [4.78, 5) is 13.6. The van der Waals surface area contributed by atoms with Gasteiger partial charge in [-0.2, -0.15) is 0 Å². The van der Waals surface area contributed by atoms with Gasteiger partial charge < -0.3 is 9.88 Å². The van der Waals surface area contributed by atoms with Gasteiger partial charge in [0.2, 0.25) is 5.91 Å². The van der Waals surface area contributed by atoms with E-state index in [-0.39, 0.29) is 11.2 Å². The molecule has 0 fully saturated rings. The number of rotatable bonds is 8. The highest BCUT2D eigenvalue weighted by Gasteiger charge is 2.20. The normalized spacial score (nSPS) is 12.1. The van der Waals surface area contributed by atoms with Crippen molar-refractivity contribution in [2.24, 2.45) is 0 Å². The van der Waals surface area contributed by atoms with Gasteiger partial charge >= 0.3 is 0 Å². The number of nitrogens with zero attached hydrogens (tertiary/aromatic N) is 3. The summed E-state index contributed by atoms with van der Waals surface area (Å²) in [5, 5.41) is 14.3. The fraction of sp³-hybridized carbons (Fsp3) is 0.350. The number of carbonyl (C=O) groups excluding carboxylic acids is 1. The second kappa shape index (κ2) is 9.19. The van der Waals surface area contributed by atoms with Crippen LogP contribution in [0.1, 0.15) is 30.7 Å². The van der Waals surface area contributed by atoms with Crippen molar-refractivity contribution in [3.63, 3.8) is 0 Å². The zero-order valence-electron chi connectivity index (χ0n) is 15.8. The molecule has 3 rings (SSSR count). The molecule has 1 amide bonds. The summed E-state index contributed by atoms with van der Waals surface area (Å²) in [5.41, 5.74) is 2.24. The predicted octanol–water partition coefficient (Wildman–Crippen LogP) is 4.52. The van der Waals surface area contributed by atoms with E-state index in [2.05, 4.69) is 52.1 Å². The monoisotopic (exact) mass is 400 g/mol. The lowest BCUT2D eigenvalue weighted by Crippen LogP contribution is -2.30. The number of aryl methyl sites for hydroxylation is 1. The zero-order valence-corrected chi connectivity index (χ0v) is 17.4. The van der Waals surface area contributed by atoms with Gasteiger partial charge in [0.1, 0.15) is 0 Å². The third kappa shape index (κ3) is 4.99. The fourth-order valence-electron chi connectivity index (χ4n) is 2.74. The molecule has 1 unspecified atom stereocenters. The number of thioether (sulfide) groups is 1. The summed E-state index contributed by atoms with van der Waals surface area (Å²) >= 11 is 3.10. The Labute approximate surface area is 168 Å². The van der Waals surface area contributed by atoms with Crippen LogP contribution >= 0.6 is 23.1 Å². The molecule has 0 saturated carbocycles. The molecular formula is C20H24N4OS2. The zero-order chi connectivity index (χ0) is 19.2. The molecule has 0 radical (unpaired) electrons. The van der Waals surface area contributed by atoms with Crippen LogP contribution in [0.4, 0.5) is 0 Å². The fourth-order valence-corrected chi connectivity index (χ4v) is 4.29. The number of hydrogen-bond donors (Lipinski definition) is 1. The second-order valence-corrected chi connectivity index (χ2v) is 8.72. The molecule has 2 aromatic heterocycles. The molecule has 142 valence electrons. The third-order valence-corrected chi connectivity index (χ3v) is 6.07. The van der Waals surface area contributed by atoms with Gasteiger partial charge in [0.25, 0.3) is 0 Å². The van der Waals surface area contributed by atoms with E-state index in [9.17, 15) is 4.79 Å². The molecule has 0 spiro atoms. The predicted molar refractivity (Wildman–Crippen MR) is 112 cm³/mol. The maximum absolute atomic E-state index is 12.4. The molecule has 0 bridgehead atoms. The molecule has 27 heavy (non-hydrogen) atoms. The van der Waals surface area contributed by atoms with Crippen molar-refractivity contribution in [3.05, 3.63) is 52.2 Å². The number of hydrogen-bond acceptors (Lipinski definition) is 5. The number of aromatic nitrogens is 3. The highest BCUT2D eigenvalue weighted by atomic mass is 32.2. The minimum absolute atomic E-state index is 0.0107. The van der Waals surface area contributed by atoms with Crippen LogP contribution in [0, 0.1) is 6.92 Å². The molecular weight excluding hydrogens is 376 g/mol. The largest absolute Gasteiger partial charge is 0.350 e. The molecule has 7 heteroatoms. The molecule has 0 aliphatic rings. The average molecular weight is 401 g/mol. The summed E-state index contributed by atoms with van der Waals surface area (Å²) < 4.78 is 2.11. The van der Waals surface area contributed by atoms with Crippen LogP contribution in [-0.2, 0) is 17.9 Å². The van der Waals surface area contributed by atoms with E-state index in [4.69, 9.17) is 0 Å². The lowest BCUT2D eigenvalue weighted by molar-refractivity contribution is -0.120. The summed E-state index contributed by atoms with van der Waals surface area (Å²) in [6, 6.07) is 12.3. The van der Waals surface area contributed by atoms with Gasteiger partial charge in [-0.3, -0.25) is 4.79 Å². The first kappa shape index (κ1) is 19.6. The van der Waals surface area contributed by atoms with Crippen molar-refractivity contribution in [1.29, 1.82) is 0 Å². The van der Waals surface area contributed by atoms with Gasteiger partial charge in [-0.1, -0.05) is 48.5 Å². The van der Waals surface area contributed by atoms with Crippen molar-refractivity contribution in [1.82, 2.24) is 20.1 Å². The minimum atomic E-state index is -0.241. The molecule has 2 heterocycles. The van der Waals surface area contributed by atoms with E-state index < -0.39 is 0 Å². The van der Waals surface area contributed by atoms with Crippen molar-refractivity contribution in [2.75, 3.05) is 0 Å². The van der Waals surface area contributed by atoms with E-state index in [1.165, 1.54) is 17.3 Å². The lowest BCUT2D eigenvalue weighted by atomic mass is 10.1. The Hall–Kier alpha value is -2.12. The van der Waals surface area contributed by atoms with E-state index in [1.54, 1.807) is 11.3 Å². The number of carbonyl (C=O) groups is 1. The van der Waals surface area contributed by atoms with Gasteiger partial charge in [-0.25, -0.2) is 0 Å². The average Bonchev–Trinajstić information content (AvgIpc) is 3.30. The maximum Gasteiger partial charge on any atom is 0.233 e. The Balaban J connectivity index is 1.73. The molecule has 1 N–H and O–H groups in total. The van der Waals surface area contributed by atoms with Crippen molar-refractivity contribution in [3.8, 4) is 11.4 Å². The summed E-state index contributed by atoms with van der Waals surface area (Å²) in [7, 11) is 0. The number of benzene rings is 1. The highest BCUT2D eigenvalue weighted by molar-refractivity contribution is 8.00. The molecule has 0 aliphatic heterocycles. The highest BCUT2D eigenvalue weighted by Crippen LogP contribution is 2.27. The third-order valence-electron chi connectivity index (χ3n) is 4.11. The van der Waals surface area contributed by atoms with Crippen LogP contribution in [0.3, 0.4) is 0 Å². The Morgan fingerprint density at radius 3 is 2.85 bits per heavy atom. The maximum atomic E-state index is 12.4. The van der Waals surface area contributed by atoms with Gasteiger partial charge in [-0.05, 0) is 37.8 Å². The topological polar surface area (TPSA) is 59.8 Å². The van der Waals surface area contributed by atoms with Crippen molar-refractivity contribution < 1.29 is 4.79 Å². The quantitative estimate of drug-likeness (QED) is 0.565. The molecule has 1 aromatic carbocycles. The second-order valence-electron chi connectivity index (χ2n) is 6.38. The summed E-state index contributed by atoms with van der Waals surface area (Å²) in [5.74, 6) is 0.866. The summed E-state index contributed by atoms with van der Waals surface area (Å²) in [6.45, 7) is 7.50. The number of amides is 1. The van der Waals surface area contributed by atoms with Gasteiger partial charge in [0, 0.05) is 17.0 Å². The van der Waals surface area contributed by atoms with E-state index in [0.29, 0.717) is 6.54 Å². The SMILES string of the molecule is CCCn1c(SC(C)C(=O)NCc2cccs2)nnc1-c1cccc(C)c1. The number of nitrogens with one attached hydrogen (secondary N) is 1. The van der Waals surface area contributed by atoms with Crippen LogP contribution in [0.25, 0.3) is 11.4 Å². The van der Waals surface area contributed by atoms with Crippen LogP contribution < -0.4 is 5.32 Å². The molecule has 0 saturated heterocycles. The smallest absolute Gasteiger partial charge is 0.233 e. The van der Waals surface area contributed by atoms with E-state index in [1.807, 2.05) is 30.5 Å².